The quantitative estimate of drug-likeness (QED) is 0.657. The Morgan fingerprint density at radius 3 is 2.04 bits per heavy atom. The Balaban J connectivity index is 1.29. The number of hydrogen-bond donors (Lipinski definition) is 0. The van der Waals surface area contributed by atoms with E-state index in [0.29, 0.717) is 0 Å². The van der Waals surface area contributed by atoms with Crippen LogP contribution in [-0.2, 0) is 0 Å². The van der Waals surface area contributed by atoms with Gasteiger partial charge in [0, 0.05) is 19.1 Å². The average Bonchev–Trinajstić information content (AvgIpc) is 3.34. The second kappa shape index (κ2) is 8.71. The fraction of sp³-hybridized carbons (Fsp3) is 1.00. The molecular formula is C22H43N3. The lowest BCUT2D eigenvalue weighted by atomic mass is 9.93. The predicted molar refractivity (Wildman–Crippen MR) is 108 cm³/mol. The average molecular weight is 350 g/mol. The molecular weight excluding hydrogens is 306 g/mol. The van der Waals surface area contributed by atoms with Crippen LogP contribution in [0.2, 0.25) is 0 Å². The fourth-order valence-corrected chi connectivity index (χ4v) is 5.08. The molecule has 0 aromatic heterocycles. The molecule has 3 nitrogen and oxygen atoms in total. The maximum atomic E-state index is 2.75. The summed E-state index contributed by atoms with van der Waals surface area (Å²) in [6.45, 7) is 16.4. The molecule has 0 aromatic carbocycles. The molecule has 1 aliphatic carbocycles. The van der Waals surface area contributed by atoms with Crippen molar-refractivity contribution in [2.24, 2.45) is 17.3 Å². The maximum Gasteiger partial charge on any atom is 0.0117 e. The van der Waals surface area contributed by atoms with Crippen LogP contribution in [0.3, 0.4) is 0 Å². The van der Waals surface area contributed by atoms with Crippen LogP contribution in [0.25, 0.3) is 0 Å². The summed E-state index contributed by atoms with van der Waals surface area (Å²) in [5.74, 6) is 1.65. The Morgan fingerprint density at radius 1 is 0.880 bits per heavy atom. The van der Waals surface area contributed by atoms with Crippen molar-refractivity contribution in [3.05, 3.63) is 0 Å². The Labute approximate surface area is 157 Å². The number of rotatable bonds is 8. The molecule has 3 heteroatoms. The van der Waals surface area contributed by atoms with E-state index >= 15 is 0 Å². The summed E-state index contributed by atoms with van der Waals surface area (Å²) in [5, 5.41) is 0. The molecule has 2 heterocycles. The number of nitrogens with zero attached hydrogens (tertiary/aromatic N) is 3. The van der Waals surface area contributed by atoms with Gasteiger partial charge in [0.2, 0.25) is 0 Å². The summed E-state index contributed by atoms with van der Waals surface area (Å²) in [7, 11) is 2.37. The topological polar surface area (TPSA) is 9.72 Å². The Kier molecular flexibility index (Phi) is 6.84. The highest BCUT2D eigenvalue weighted by Crippen LogP contribution is 2.53. The van der Waals surface area contributed by atoms with Gasteiger partial charge >= 0.3 is 0 Å². The van der Waals surface area contributed by atoms with Gasteiger partial charge in [0.15, 0.2) is 0 Å². The van der Waals surface area contributed by atoms with Crippen LogP contribution in [0.5, 0.6) is 0 Å². The second-order valence-corrected chi connectivity index (χ2v) is 10.1. The van der Waals surface area contributed by atoms with Crippen LogP contribution in [0.15, 0.2) is 0 Å². The highest BCUT2D eigenvalue weighted by molar-refractivity contribution is 4.96. The van der Waals surface area contributed by atoms with Crippen molar-refractivity contribution < 1.29 is 0 Å². The van der Waals surface area contributed by atoms with Crippen molar-refractivity contribution >= 4 is 0 Å². The van der Waals surface area contributed by atoms with Crippen molar-refractivity contribution in [2.75, 3.05) is 52.9 Å². The van der Waals surface area contributed by atoms with Gasteiger partial charge in [-0.25, -0.2) is 0 Å². The lowest BCUT2D eigenvalue weighted by molar-refractivity contribution is 0.109. The standard InChI is InChI=1S/C22H43N3/c1-19(2)17-24-13-6-21(7-14-24)23(4)12-5-20(3)18-25-15-10-22(8-9-22)11-16-25/h19-21H,5-18H2,1-4H3. The molecule has 0 aromatic rings. The van der Waals surface area contributed by atoms with E-state index in [1.165, 1.54) is 90.8 Å². The van der Waals surface area contributed by atoms with Crippen LogP contribution in [0, 0.1) is 17.3 Å². The van der Waals surface area contributed by atoms with Gasteiger partial charge in [0.25, 0.3) is 0 Å². The highest BCUT2D eigenvalue weighted by Gasteiger charge is 2.44. The lowest BCUT2D eigenvalue weighted by Gasteiger charge is -2.38. The van der Waals surface area contributed by atoms with Crippen molar-refractivity contribution in [3.8, 4) is 0 Å². The van der Waals surface area contributed by atoms with E-state index < -0.39 is 0 Å². The molecule has 1 unspecified atom stereocenters. The maximum absolute atomic E-state index is 2.75. The van der Waals surface area contributed by atoms with E-state index in [9.17, 15) is 0 Å². The summed E-state index contributed by atoms with van der Waals surface area (Å²) < 4.78 is 0. The first-order valence-corrected chi connectivity index (χ1v) is 11.1. The largest absolute Gasteiger partial charge is 0.303 e. The van der Waals surface area contributed by atoms with Crippen molar-refractivity contribution in [2.45, 2.75) is 71.8 Å². The Morgan fingerprint density at radius 2 is 1.48 bits per heavy atom. The first-order valence-electron chi connectivity index (χ1n) is 11.1. The molecule has 2 saturated heterocycles. The lowest BCUT2D eigenvalue weighted by Crippen LogP contribution is -2.45. The van der Waals surface area contributed by atoms with Gasteiger partial charge < -0.3 is 14.7 Å². The summed E-state index contributed by atoms with van der Waals surface area (Å²) in [6, 6.07) is 0.820. The molecule has 0 radical (unpaired) electrons. The van der Waals surface area contributed by atoms with Gasteiger partial charge in [-0.05, 0) is 102 Å². The zero-order valence-electron chi connectivity index (χ0n) is 17.5. The molecule has 146 valence electrons. The van der Waals surface area contributed by atoms with E-state index in [-0.39, 0.29) is 0 Å². The first-order chi connectivity index (χ1) is 12.0. The Bertz CT molecular complexity index is 386. The number of hydrogen-bond acceptors (Lipinski definition) is 3. The molecule has 3 aliphatic rings. The third-order valence-corrected chi connectivity index (χ3v) is 7.22. The third kappa shape index (κ3) is 5.94. The summed E-state index contributed by atoms with van der Waals surface area (Å²) in [4.78, 5) is 8.08. The minimum Gasteiger partial charge on any atom is -0.303 e. The molecule has 1 spiro atoms. The van der Waals surface area contributed by atoms with E-state index in [2.05, 4.69) is 42.5 Å². The van der Waals surface area contributed by atoms with Crippen molar-refractivity contribution in [3.63, 3.8) is 0 Å². The monoisotopic (exact) mass is 349 g/mol. The van der Waals surface area contributed by atoms with Crippen molar-refractivity contribution in [1.29, 1.82) is 0 Å². The molecule has 1 saturated carbocycles. The van der Waals surface area contributed by atoms with E-state index in [1.54, 1.807) is 0 Å². The summed E-state index contributed by atoms with van der Waals surface area (Å²) >= 11 is 0. The predicted octanol–water partition coefficient (Wildman–Crippen LogP) is 3.94. The van der Waals surface area contributed by atoms with Crippen LogP contribution in [0.4, 0.5) is 0 Å². The smallest absolute Gasteiger partial charge is 0.0117 e. The molecule has 0 amide bonds. The summed E-state index contributed by atoms with van der Waals surface area (Å²) in [5.41, 5.74) is 0.824. The zero-order chi connectivity index (χ0) is 17.9. The van der Waals surface area contributed by atoms with Crippen LogP contribution in [-0.4, -0.2) is 73.6 Å². The zero-order valence-corrected chi connectivity index (χ0v) is 17.5. The minimum atomic E-state index is 0.805. The first kappa shape index (κ1) is 19.6. The molecule has 25 heavy (non-hydrogen) atoms. The SMILES string of the molecule is CC(C)CN1CCC(N(C)CCC(C)CN2CCC3(CC2)CC3)CC1. The molecule has 2 aliphatic heterocycles. The normalized spacial score (nSPS) is 26.6. The minimum absolute atomic E-state index is 0.805. The Hall–Kier alpha value is -0.120. The van der Waals surface area contributed by atoms with E-state index in [4.69, 9.17) is 0 Å². The van der Waals surface area contributed by atoms with Gasteiger partial charge in [-0.1, -0.05) is 20.8 Å². The molecule has 1 atom stereocenters. The van der Waals surface area contributed by atoms with E-state index in [1.807, 2.05) is 0 Å². The van der Waals surface area contributed by atoms with E-state index in [0.717, 1.165) is 23.3 Å². The highest BCUT2D eigenvalue weighted by atomic mass is 15.2. The van der Waals surface area contributed by atoms with Crippen LogP contribution >= 0.6 is 0 Å². The van der Waals surface area contributed by atoms with Gasteiger partial charge in [0.1, 0.15) is 0 Å². The molecule has 3 rings (SSSR count). The summed E-state index contributed by atoms with van der Waals surface area (Å²) in [6.07, 6.45) is 10.1. The van der Waals surface area contributed by atoms with Crippen molar-refractivity contribution in [1.82, 2.24) is 14.7 Å². The molecule has 0 bridgehead atoms. The molecule has 3 fully saturated rings. The third-order valence-electron chi connectivity index (χ3n) is 7.22. The molecule has 0 N–H and O–H groups in total. The number of piperidine rings is 2. The van der Waals surface area contributed by atoms with Gasteiger partial charge in [-0.3, -0.25) is 0 Å². The van der Waals surface area contributed by atoms with Crippen LogP contribution in [0.1, 0.15) is 65.7 Å². The van der Waals surface area contributed by atoms with Gasteiger partial charge in [-0.2, -0.15) is 0 Å². The van der Waals surface area contributed by atoms with Crippen LogP contribution < -0.4 is 0 Å². The fourth-order valence-electron chi connectivity index (χ4n) is 5.08. The van der Waals surface area contributed by atoms with Gasteiger partial charge in [-0.15, -0.1) is 0 Å². The number of likely N-dealkylation sites (tertiary alicyclic amines) is 2. The second-order valence-electron chi connectivity index (χ2n) is 10.1. The van der Waals surface area contributed by atoms with Gasteiger partial charge in [0.05, 0.1) is 0 Å².